The number of aryl methyl sites for hydroxylation is 1. The second-order valence-corrected chi connectivity index (χ2v) is 6.92. The third-order valence-electron chi connectivity index (χ3n) is 3.94. The van der Waals surface area contributed by atoms with Gasteiger partial charge in [0.1, 0.15) is 6.33 Å². The number of benzene rings is 2. The van der Waals surface area contributed by atoms with E-state index in [4.69, 9.17) is 23.2 Å². The molecule has 2 aromatic carbocycles. The first-order valence-electron chi connectivity index (χ1n) is 8.53. The number of carbonyl (C=O) groups is 2. The maximum Gasteiger partial charge on any atom is 0.255 e. The van der Waals surface area contributed by atoms with Crippen LogP contribution in [0.5, 0.6) is 0 Å². The van der Waals surface area contributed by atoms with Gasteiger partial charge in [0, 0.05) is 41.0 Å². The number of hydrogen-bond donors (Lipinski definition) is 2. The minimum absolute atomic E-state index is 0.334. The van der Waals surface area contributed by atoms with E-state index in [1.54, 1.807) is 54.9 Å². The quantitative estimate of drug-likeness (QED) is 0.562. The monoisotopic (exact) mass is 426 g/mol. The number of nitrogens with one attached hydrogen (secondary N) is 2. The van der Waals surface area contributed by atoms with Gasteiger partial charge in [0.05, 0.1) is 10.0 Å². The summed E-state index contributed by atoms with van der Waals surface area (Å²) in [5.41, 5.74) is 2.96. The van der Waals surface area contributed by atoms with E-state index in [0.29, 0.717) is 32.5 Å². The van der Waals surface area contributed by atoms with Crippen LogP contribution in [0, 0.1) is 6.92 Å². The Balaban J connectivity index is 1.71. The van der Waals surface area contributed by atoms with E-state index in [1.165, 1.54) is 12.4 Å². The molecule has 8 heteroatoms. The first-order chi connectivity index (χ1) is 13.9. The highest BCUT2D eigenvalue weighted by molar-refractivity contribution is 6.42. The van der Waals surface area contributed by atoms with Crippen molar-refractivity contribution < 1.29 is 9.59 Å². The van der Waals surface area contributed by atoms with Gasteiger partial charge in [-0.2, -0.15) is 0 Å². The summed E-state index contributed by atoms with van der Waals surface area (Å²) < 4.78 is 0. The number of amides is 2. The van der Waals surface area contributed by atoms with E-state index < -0.39 is 0 Å². The molecule has 0 aliphatic carbocycles. The molecular formula is C21H16Cl2N4O2. The van der Waals surface area contributed by atoms with Crippen molar-refractivity contribution in [2.75, 3.05) is 10.6 Å². The Hall–Kier alpha value is -3.22. The Kier molecular flexibility index (Phi) is 6.59. The van der Waals surface area contributed by atoms with Gasteiger partial charge in [-0.15, -0.1) is 0 Å². The molecule has 0 fully saturated rings. The smallest absolute Gasteiger partial charge is 0.255 e. The summed E-state index contributed by atoms with van der Waals surface area (Å²) in [5.74, 6) is -0.671. The molecule has 1 aromatic heterocycles. The predicted molar refractivity (Wildman–Crippen MR) is 115 cm³/mol. The first kappa shape index (κ1) is 20.5. The molecule has 0 aliphatic heterocycles. The number of halogens is 2. The molecule has 0 unspecified atom stereocenters. The van der Waals surface area contributed by atoms with E-state index in [0.717, 1.165) is 5.56 Å². The molecule has 0 spiro atoms. The molecule has 0 atom stereocenters. The summed E-state index contributed by atoms with van der Waals surface area (Å²) >= 11 is 11.9. The third kappa shape index (κ3) is 5.63. The highest BCUT2D eigenvalue weighted by atomic mass is 35.5. The zero-order chi connectivity index (χ0) is 20.8. The van der Waals surface area contributed by atoms with E-state index in [9.17, 15) is 9.59 Å². The molecule has 0 radical (unpaired) electrons. The van der Waals surface area contributed by atoms with Crippen molar-refractivity contribution in [1.82, 2.24) is 9.97 Å². The van der Waals surface area contributed by atoms with Gasteiger partial charge >= 0.3 is 0 Å². The van der Waals surface area contributed by atoms with Gasteiger partial charge in [-0.3, -0.25) is 9.59 Å². The number of rotatable bonds is 5. The summed E-state index contributed by atoms with van der Waals surface area (Å²) in [6.45, 7) is 1.84. The molecule has 3 rings (SSSR count). The summed E-state index contributed by atoms with van der Waals surface area (Å²) in [6, 6.07) is 9.87. The van der Waals surface area contributed by atoms with Gasteiger partial charge < -0.3 is 10.6 Å². The molecular weight excluding hydrogens is 411 g/mol. The molecule has 0 saturated heterocycles. The van der Waals surface area contributed by atoms with E-state index >= 15 is 0 Å². The molecule has 0 saturated carbocycles. The molecule has 29 heavy (non-hydrogen) atoms. The van der Waals surface area contributed by atoms with Crippen molar-refractivity contribution in [3.63, 3.8) is 0 Å². The molecule has 146 valence electrons. The summed E-state index contributed by atoms with van der Waals surface area (Å²) in [6.07, 6.45) is 7.58. The lowest BCUT2D eigenvalue weighted by Gasteiger charge is -2.10. The molecule has 0 aliphatic rings. The van der Waals surface area contributed by atoms with E-state index in [2.05, 4.69) is 20.6 Å². The normalized spacial score (nSPS) is 10.7. The zero-order valence-corrected chi connectivity index (χ0v) is 16.8. The van der Waals surface area contributed by atoms with Crippen molar-refractivity contribution in [3.8, 4) is 0 Å². The van der Waals surface area contributed by atoms with Crippen molar-refractivity contribution in [2.24, 2.45) is 0 Å². The van der Waals surface area contributed by atoms with Gasteiger partial charge in [-0.05, 0) is 48.9 Å². The zero-order valence-electron chi connectivity index (χ0n) is 15.3. The second kappa shape index (κ2) is 9.32. The molecule has 3 aromatic rings. The average Bonchev–Trinajstić information content (AvgIpc) is 2.71. The van der Waals surface area contributed by atoms with Crippen LogP contribution < -0.4 is 10.6 Å². The number of aromatic nitrogens is 2. The van der Waals surface area contributed by atoms with Crippen molar-refractivity contribution in [3.05, 3.63) is 87.9 Å². The maximum absolute atomic E-state index is 12.5. The number of hydrogen-bond acceptors (Lipinski definition) is 4. The fourth-order valence-electron chi connectivity index (χ4n) is 2.42. The van der Waals surface area contributed by atoms with Gasteiger partial charge in [-0.25, -0.2) is 9.97 Å². The highest BCUT2D eigenvalue weighted by Gasteiger charge is 2.11. The summed E-state index contributed by atoms with van der Waals surface area (Å²) in [5, 5.41) is 6.27. The Morgan fingerprint density at radius 2 is 1.72 bits per heavy atom. The molecule has 6 nitrogen and oxygen atoms in total. The van der Waals surface area contributed by atoms with Gasteiger partial charge in [0.2, 0.25) is 5.91 Å². The largest absolute Gasteiger partial charge is 0.322 e. The Morgan fingerprint density at radius 3 is 2.45 bits per heavy atom. The Bertz CT molecular complexity index is 1090. The van der Waals surface area contributed by atoms with Gasteiger partial charge in [-0.1, -0.05) is 29.3 Å². The first-order valence-corrected chi connectivity index (χ1v) is 9.29. The third-order valence-corrected chi connectivity index (χ3v) is 4.68. The fourth-order valence-corrected chi connectivity index (χ4v) is 2.72. The van der Waals surface area contributed by atoms with Crippen LogP contribution in [0.1, 0.15) is 21.5 Å². The van der Waals surface area contributed by atoms with E-state index in [-0.39, 0.29) is 11.8 Å². The lowest BCUT2D eigenvalue weighted by molar-refractivity contribution is -0.111. The standard InChI is InChI=1S/C21H16Cl2N4O2/c1-13-2-4-15(21(29)26-16-5-6-17(22)18(23)9-16)8-19(13)27-20(28)7-3-14-10-24-12-25-11-14/h2-12H,1H3,(H,26,29)(H,27,28). The van der Waals surface area contributed by atoms with Gasteiger partial charge in [0.15, 0.2) is 0 Å². The minimum Gasteiger partial charge on any atom is -0.322 e. The minimum atomic E-state index is -0.337. The van der Waals surface area contributed by atoms with Crippen LogP contribution in [0.15, 0.2) is 61.2 Å². The number of carbonyl (C=O) groups excluding carboxylic acids is 2. The summed E-state index contributed by atoms with van der Waals surface area (Å²) in [7, 11) is 0. The topological polar surface area (TPSA) is 84.0 Å². The van der Waals surface area contributed by atoms with Gasteiger partial charge in [0.25, 0.3) is 5.91 Å². The average molecular weight is 427 g/mol. The van der Waals surface area contributed by atoms with Crippen molar-refractivity contribution in [2.45, 2.75) is 6.92 Å². The van der Waals surface area contributed by atoms with E-state index in [1.807, 2.05) is 6.92 Å². The van der Waals surface area contributed by atoms with Crippen LogP contribution >= 0.6 is 23.2 Å². The maximum atomic E-state index is 12.5. The molecule has 2 N–H and O–H groups in total. The second-order valence-electron chi connectivity index (χ2n) is 6.11. The summed E-state index contributed by atoms with van der Waals surface area (Å²) in [4.78, 5) is 32.5. The molecule has 0 bridgehead atoms. The highest BCUT2D eigenvalue weighted by Crippen LogP contribution is 2.25. The molecule has 1 heterocycles. The SMILES string of the molecule is Cc1ccc(C(=O)Nc2ccc(Cl)c(Cl)c2)cc1NC(=O)C=Cc1cncnc1. The lowest BCUT2D eigenvalue weighted by atomic mass is 10.1. The lowest BCUT2D eigenvalue weighted by Crippen LogP contribution is -2.14. The van der Waals surface area contributed by atoms with Crippen molar-refractivity contribution >= 4 is 52.5 Å². The van der Waals surface area contributed by atoms with Crippen molar-refractivity contribution in [1.29, 1.82) is 0 Å². The fraction of sp³-hybridized carbons (Fsp3) is 0.0476. The van der Waals surface area contributed by atoms with Crippen LogP contribution in [-0.2, 0) is 4.79 Å². The molecule has 2 amide bonds. The van der Waals surface area contributed by atoms with Crippen LogP contribution in [-0.4, -0.2) is 21.8 Å². The number of anilines is 2. The number of nitrogens with zero attached hydrogens (tertiary/aromatic N) is 2. The Morgan fingerprint density at radius 1 is 0.966 bits per heavy atom. The van der Waals surface area contributed by atoms with Crippen LogP contribution in [0.3, 0.4) is 0 Å². The van der Waals surface area contributed by atoms with Crippen LogP contribution in [0.4, 0.5) is 11.4 Å². The predicted octanol–water partition coefficient (Wildman–Crippen LogP) is 5.00. The van der Waals surface area contributed by atoms with Crippen LogP contribution in [0.25, 0.3) is 6.08 Å². The van der Waals surface area contributed by atoms with Crippen LogP contribution in [0.2, 0.25) is 10.0 Å². The Labute approximate surface area is 177 Å².